The van der Waals surface area contributed by atoms with Gasteiger partial charge in [0.2, 0.25) is 5.89 Å². The Morgan fingerprint density at radius 2 is 1.93 bits per heavy atom. The third-order valence-corrected chi connectivity index (χ3v) is 5.01. The maximum absolute atomic E-state index is 5.36. The maximum atomic E-state index is 5.36. The summed E-state index contributed by atoms with van der Waals surface area (Å²) in [6, 6.07) is 11.1. The number of hydrogen-bond acceptors (Lipinski definition) is 5. The Bertz CT molecular complexity index is 772. The number of benzene rings is 1. The smallest absolute Gasteiger partial charge is 0.232 e. The Kier molecular flexibility index (Phi) is 7.25. The van der Waals surface area contributed by atoms with E-state index in [4.69, 9.17) is 4.52 Å². The summed E-state index contributed by atoms with van der Waals surface area (Å²) in [4.78, 5) is 11.6. The molecule has 0 bridgehead atoms. The van der Waals surface area contributed by atoms with Crippen molar-refractivity contribution in [2.75, 3.05) is 19.6 Å². The number of nitrogens with zero attached hydrogens (tertiary/aromatic N) is 4. The SMILES string of the molecule is CCNC(=NCc1noc(C(C)(C)C)n1)NC1CCN(Cc2ccccc2)CC1. The zero-order valence-corrected chi connectivity index (χ0v) is 18.1. The molecule has 0 spiro atoms. The lowest BCUT2D eigenvalue weighted by atomic mass is 9.97. The first-order valence-electron chi connectivity index (χ1n) is 10.6. The van der Waals surface area contributed by atoms with Crippen LogP contribution in [0.1, 0.15) is 57.8 Å². The molecule has 0 aliphatic carbocycles. The predicted molar refractivity (Wildman–Crippen MR) is 116 cm³/mol. The summed E-state index contributed by atoms with van der Waals surface area (Å²) in [6.45, 7) is 12.7. The fourth-order valence-corrected chi connectivity index (χ4v) is 3.36. The lowest BCUT2D eigenvalue weighted by Crippen LogP contribution is -2.48. The number of hydrogen-bond donors (Lipinski definition) is 2. The number of piperidine rings is 1. The normalized spacial score (nSPS) is 16.8. The van der Waals surface area contributed by atoms with E-state index in [0.717, 1.165) is 45.0 Å². The van der Waals surface area contributed by atoms with Crippen LogP contribution in [0.25, 0.3) is 0 Å². The standard InChI is InChI=1S/C22H34N6O/c1-5-23-21(24-15-19-26-20(29-27-19)22(2,3)4)25-18-11-13-28(14-12-18)16-17-9-7-6-8-10-17/h6-10,18H,5,11-16H2,1-4H3,(H2,23,24,25). The lowest BCUT2D eigenvalue weighted by Gasteiger charge is -2.33. The highest BCUT2D eigenvalue weighted by Gasteiger charge is 2.22. The molecule has 158 valence electrons. The van der Waals surface area contributed by atoms with Crippen molar-refractivity contribution in [3.63, 3.8) is 0 Å². The summed E-state index contributed by atoms with van der Waals surface area (Å²) in [5.41, 5.74) is 1.23. The van der Waals surface area contributed by atoms with Gasteiger partial charge in [0.25, 0.3) is 0 Å². The molecule has 0 unspecified atom stereocenters. The van der Waals surface area contributed by atoms with Crippen LogP contribution in [0.15, 0.2) is 39.8 Å². The van der Waals surface area contributed by atoms with Gasteiger partial charge in [0.1, 0.15) is 6.54 Å². The first-order valence-corrected chi connectivity index (χ1v) is 10.6. The number of aliphatic imine (C=N–C) groups is 1. The second-order valence-corrected chi connectivity index (χ2v) is 8.64. The number of guanidine groups is 1. The molecule has 1 saturated heterocycles. The molecule has 1 aliphatic heterocycles. The van der Waals surface area contributed by atoms with Crippen LogP contribution in [0.4, 0.5) is 0 Å². The van der Waals surface area contributed by atoms with E-state index >= 15 is 0 Å². The molecule has 0 atom stereocenters. The molecule has 1 aromatic carbocycles. The molecule has 0 amide bonds. The van der Waals surface area contributed by atoms with Gasteiger partial charge in [-0.05, 0) is 25.3 Å². The highest BCUT2D eigenvalue weighted by atomic mass is 16.5. The van der Waals surface area contributed by atoms with E-state index in [1.165, 1.54) is 5.56 Å². The summed E-state index contributed by atoms with van der Waals surface area (Å²) < 4.78 is 5.36. The number of nitrogens with one attached hydrogen (secondary N) is 2. The Morgan fingerprint density at radius 1 is 1.21 bits per heavy atom. The second-order valence-electron chi connectivity index (χ2n) is 8.64. The van der Waals surface area contributed by atoms with Gasteiger partial charge in [0, 0.05) is 37.6 Å². The average molecular weight is 399 g/mol. The van der Waals surface area contributed by atoms with Crippen molar-refractivity contribution >= 4 is 5.96 Å². The summed E-state index contributed by atoms with van der Waals surface area (Å²) in [6.07, 6.45) is 2.21. The van der Waals surface area contributed by atoms with Gasteiger partial charge in [-0.1, -0.05) is 56.3 Å². The monoisotopic (exact) mass is 398 g/mol. The minimum atomic E-state index is -0.147. The minimum Gasteiger partial charge on any atom is -0.357 e. The van der Waals surface area contributed by atoms with Crippen molar-refractivity contribution in [3.05, 3.63) is 47.6 Å². The average Bonchev–Trinajstić information content (AvgIpc) is 3.18. The molecule has 7 nitrogen and oxygen atoms in total. The third kappa shape index (κ3) is 6.56. The number of rotatable bonds is 6. The van der Waals surface area contributed by atoms with Crippen LogP contribution in [-0.4, -0.2) is 46.7 Å². The first kappa shape index (κ1) is 21.3. The van der Waals surface area contributed by atoms with E-state index in [2.05, 4.69) is 88.7 Å². The van der Waals surface area contributed by atoms with Gasteiger partial charge in [-0.3, -0.25) is 4.90 Å². The largest absolute Gasteiger partial charge is 0.357 e. The minimum absolute atomic E-state index is 0.147. The molecule has 1 aromatic heterocycles. The topological polar surface area (TPSA) is 78.6 Å². The van der Waals surface area contributed by atoms with E-state index in [-0.39, 0.29) is 5.41 Å². The van der Waals surface area contributed by atoms with Crippen molar-refractivity contribution < 1.29 is 4.52 Å². The molecule has 1 fully saturated rings. The van der Waals surface area contributed by atoms with Crippen molar-refractivity contribution in [2.24, 2.45) is 4.99 Å². The number of likely N-dealkylation sites (tertiary alicyclic amines) is 1. The second kappa shape index (κ2) is 9.87. The predicted octanol–water partition coefficient (Wildman–Crippen LogP) is 3.09. The summed E-state index contributed by atoms with van der Waals surface area (Å²) in [5, 5.41) is 11.0. The molecular formula is C22H34N6O. The molecule has 0 saturated carbocycles. The fraction of sp³-hybridized carbons (Fsp3) is 0.591. The van der Waals surface area contributed by atoms with E-state index in [1.807, 2.05) is 0 Å². The van der Waals surface area contributed by atoms with E-state index in [0.29, 0.717) is 24.3 Å². The highest BCUT2D eigenvalue weighted by molar-refractivity contribution is 5.80. The van der Waals surface area contributed by atoms with Crippen molar-refractivity contribution in [2.45, 2.75) is 65.1 Å². The van der Waals surface area contributed by atoms with Crippen molar-refractivity contribution in [1.29, 1.82) is 0 Å². The van der Waals surface area contributed by atoms with Crippen molar-refractivity contribution in [3.8, 4) is 0 Å². The molecule has 1 aliphatic rings. The molecule has 7 heteroatoms. The van der Waals surface area contributed by atoms with Gasteiger partial charge in [-0.25, -0.2) is 4.99 Å². The molecule has 2 heterocycles. The van der Waals surface area contributed by atoms with Crippen LogP contribution >= 0.6 is 0 Å². The van der Waals surface area contributed by atoms with Crippen LogP contribution in [0.2, 0.25) is 0 Å². The summed E-state index contributed by atoms with van der Waals surface area (Å²) in [7, 11) is 0. The molecule has 3 rings (SSSR count). The van der Waals surface area contributed by atoms with E-state index in [1.54, 1.807) is 0 Å². The highest BCUT2D eigenvalue weighted by Crippen LogP contribution is 2.19. The van der Waals surface area contributed by atoms with Gasteiger partial charge in [-0.2, -0.15) is 4.98 Å². The quantitative estimate of drug-likeness (QED) is 0.575. The Labute approximate surface area is 174 Å². The van der Waals surface area contributed by atoms with Gasteiger partial charge in [0.05, 0.1) is 0 Å². The third-order valence-electron chi connectivity index (χ3n) is 5.01. The maximum Gasteiger partial charge on any atom is 0.232 e. The van der Waals surface area contributed by atoms with Gasteiger partial charge >= 0.3 is 0 Å². The van der Waals surface area contributed by atoms with Gasteiger partial charge in [-0.15, -0.1) is 0 Å². The Hall–Kier alpha value is -2.41. The zero-order valence-electron chi connectivity index (χ0n) is 18.1. The summed E-state index contributed by atoms with van der Waals surface area (Å²) in [5.74, 6) is 2.08. The van der Waals surface area contributed by atoms with E-state index < -0.39 is 0 Å². The zero-order chi connectivity index (χ0) is 20.7. The first-order chi connectivity index (χ1) is 13.9. The fourth-order valence-electron chi connectivity index (χ4n) is 3.36. The van der Waals surface area contributed by atoms with Crippen molar-refractivity contribution in [1.82, 2.24) is 25.7 Å². The van der Waals surface area contributed by atoms with Crippen LogP contribution in [0.5, 0.6) is 0 Å². The van der Waals surface area contributed by atoms with Crippen LogP contribution in [0.3, 0.4) is 0 Å². The molecule has 29 heavy (non-hydrogen) atoms. The Balaban J connectivity index is 1.50. The van der Waals surface area contributed by atoms with Crippen LogP contribution < -0.4 is 10.6 Å². The molecule has 2 N–H and O–H groups in total. The number of aromatic nitrogens is 2. The van der Waals surface area contributed by atoms with Crippen LogP contribution in [-0.2, 0) is 18.5 Å². The van der Waals surface area contributed by atoms with Gasteiger partial charge < -0.3 is 15.2 Å². The van der Waals surface area contributed by atoms with Gasteiger partial charge in [0.15, 0.2) is 11.8 Å². The lowest BCUT2D eigenvalue weighted by molar-refractivity contribution is 0.198. The van der Waals surface area contributed by atoms with Crippen LogP contribution in [0, 0.1) is 0 Å². The van der Waals surface area contributed by atoms with E-state index in [9.17, 15) is 0 Å². The Morgan fingerprint density at radius 3 is 2.55 bits per heavy atom. The molecular weight excluding hydrogens is 364 g/mol. The summed E-state index contributed by atoms with van der Waals surface area (Å²) >= 11 is 0. The molecule has 0 radical (unpaired) electrons. The molecule has 2 aromatic rings.